The molecule has 0 spiro atoms. The summed E-state index contributed by atoms with van der Waals surface area (Å²) in [6.45, 7) is 4.64. The molecule has 32 heavy (non-hydrogen) atoms. The molecule has 6 heteroatoms. The molecule has 2 aliphatic rings. The van der Waals surface area contributed by atoms with Gasteiger partial charge in [0, 0.05) is 30.7 Å². The van der Waals surface area contributed by atoms with Crippen LogP contribution < -0.4 is 4.90 Å². The fourth-order valence-electron chi connectivity index (χ4n) is 4.30. The van der Waals surface area contributed by atoms with Crippen molar-refractivity contribution in [1.29, 1.82) is 0 Å². The van der Waals surface area contributed by atoms with Crippen molar-refractivity contribution in [3.8, 4) is 0 Å². The predicted molar refractivity (Wildman–Crippen MR) is 132 cm³/mol. The van der Waals surface area contributed by atoms with Crippen LogP contribution in [0.1, 0.15) is 25.3 Å². The first-order valence-corrected chi connectivity index (χ1v) is 11.8. The molecule has 0 aromatic heterocycles. The number of amidine groups is 1. The van der Waals surface area contributed by atoms with Crippen LogP contribution in [0.25, 0.3) is 16.8 Å². The minimum atomic E-state index is -0.304. The van der Waals surface area contributed by atoms with E-state index >= 15 is 0 Å². The van der Waals surface area contributed by atoms with Gasteiger partial charge >= 0.3 is 0 Å². The zero-order valence-corrected chi connectivity index (χ0v) is 18.7. The molecule has 3 aromatic rings. The minimum absolute atomic E-state index is 0.0499. The summed E-state index contributed by atoms with van der Waals surface area (Å²) in [5.74, 6) is -0.354. The summed E-state index contributed by atoms with van der Waals surface area (Å²) in [4.78, 5) is 22.4. The maximum atomic E-state index is 13.2. The minimum Gasteiger partial charge on any atom is -0.371 e. The van der Waals surface area contributed by atoms with Crippen LogP contribution in [-0.4, -0.2) is 35.6 Å². The lowest BCUT2D eigenvalue weighted by Gasteiger charge is -2.20. The number of hydrogen-bond acceptors (Lipinski definition) is 4. The average Bonchev–Trinajstić information content (AvgIpc) is 3.44. The molecule has 3 aromatic carbocycles. The standard InChI is InChI=1S/C26H24FN3OS/c1-2-30-25(31)24(32-26(30)28-20-12-10-19(27)11-13-20)17-18-9-14-23(29-15-5-6-16-29)22-8-4-3-7-21(18)22/h3-4,7-14,17H,2,5-6,15-16H2,1H3/b24-17+,28-26?. The lowest BCUT2D eigenvalue weighted by atomic mass is 10.0. The van der Waals surface area contributed by atoms with Gasteiger partial charge in [0.05, 0.1) is 10.6 Å². The van der Waals surface area contributed by atoms with Crippen molar-refractivity contribution in [3.63, 3.8) is 0 Å². The Morgan fingerprint density at radius 1 is 1.00 bits per heavy atom. The van der Waals surface area contributed by atoms with E-state index in [4.69, 9.17) is 0 Å². The van der Waals surface area contributed by atoms with E-state index in [0.717, 1.165) is 24.0 Å². The second-order valence-corrected chi connectivity index (χ2v) is 8.95. The number of carbonyl (C=O) groups is 1. The summed E-state index contributed by atoms with van der Waals surface area (Å²) in [6, 6.07) is 18.7. The number of benzene rings is 3. The Bertz CT molecular complexity index is 1230. The van der Waals surface area contributed by atoms with Crippen LogP contribution in [-0.2, 0) is 4.79 Å². The van der Waals surface area contributed by atoms with Crippen LogP contribution in [0.4, 0.5) is 15.8 Å². The Balaban J connectivity index is 1.52. The van der Waals surface area contributed by atoms with Gasteiger partial charge in [-0.25, -0.2) is 9.38 Å². The molecule has 0 aliphatic carbocycles. The number of likely N-dealkylation sites (N-methyl/N-ethyl adjacent to an activating group) is 1. The van der Waals surface area contributed by atoms with E-state index in [0.29, 0.717) is 22.3 Å². The normalized spacial score (nSPS) is 19.1. The van der Waals surface area contributed by atoms with E-state index in [9.17, 15) is 9.18 Å². The first-order valence-electron chi connectivity index (χ1n) is 11.0. The Morgan fingerprint density at radius 2 is 1.72 bits per heavy atom. The van der Waals surface area contributed by atoms with Crippen molar-refractivity contribution in [1.82, 2.24) is 4.90 Å². The average molecular weight is 446 g/mol. The number of aliphatic imine (C=N–C) groups is 1. The van der Waals surface area contributed by atoms with Crippen molar-refractivity contribution in [2.45, 2.75) is 19.8 Å². The molecule has 0 bridgehead atoms. The molecular formula is C26H24FN3OS. The molecule has 2 aliphatic heterocycles. The molecule has 0 unspecified atom stereocenters. The summed E-state index contributed by atoms with van der Waals surface area (Å²) < 4.78 is 13.2. The van der Waals surface area contributed by atoms with Gasteiger partial charge in [-0.05, 0) is 78.9 Å². The summed E-state index contributed by atoms with van der Waals surface area (Å²) in [5, 5.41) is 2.98. The predicted octanol–water partition coefficient (Wildman–Crippen LogP) is 6.20. The third-order valence-electron chi connectivity index (χ3n) is 5.92. The Morgan fingerprint density at radius 3 is 2.44 bits per heavy atom. The Labute approximate surface area is 191 Å². The van der Waals surface area contributed by atoms with E-state index < -0.39 is 0 Å². The maximum Gasteiger partial charge on any atom is 0.266 e. The van der Waals surface area contributed by atoms with Gasteiger partial charge in [0.15, 0.2) is 5.17 Å². The van der Waals surface area contributed by atoms with Gasteiger partial charge < -0.3 is 4.90 Å². The number of nitrogens with zero attached hydrogens (tertiary/aromatic N) is 3. The lowest BCUT2D eigenvalue weighted by molar-refractivity contribution is -0.122. The van der Waals surface area contributed by atoms with Crippen molar-refractivity contribution >= 4 is 51.1 Å². The van der Waals surface area contributed by atoms with Crippen LogP contribution in [0.5, 0.6) is 0 Å². The quantitative estimate of drug-likeness (QED) is 0.449. The molecule has 162 valence electrons. The number of rotatable bonds is 4. The van der Waals surface area contributed by atoms with E-state index in [1.165, 1.54) is 47.8 Å². The highest BCUT2D eigenvalue weighted by Gasteiger charge is 2.32. The molecule has 0 saturated carbocycles. The molecule has 2 heterocycles. The van der Waals surface area contributed by atoms with Crippen LogP contribution >= 0.6 is 11.8 Å². The topological polar surface area (TPSA) is 35.9 Å². The fraction of sp³-hybridized carbons (Fsp3) is 0.231. The highest BCUT2D eigenvalue weighted by Crippen LogP contribution is 2.37. The molecule has 0 radical (unpaired) electrons. The monoisotopic (exact) mass is 445 g/mol. The van der Waals surface area contributed by atoms with Gasteiger partial charge in [0.25, 0.3) is 5.91 Å². The van der Waals surface area contributed by atoms with Crippen LogP contribution in [0.2, 0.25) is 0 Å². The number of halogens is 1. The van der Waals surface area contributed by atoms with E-state index in [1.807, 2.05) is 19.1 Å². The number of thioether (sulfide) groups is 1. The molecule has 0 N–H and O–H groups in total. The van der Waals surface area contributed by atoms with Gasteiger partial charge in [-0.2, -0.15) is 0 Å². The zero-order chi connectivity index (χ0) is 22.1. The van der Waals surface area contributed by atoms with Gasteiger partial charge in [-0.3, -0.25) is 9.69 Å². The first kappa shape index (κ1) is 20.8. The molecular weight excluding hydrogens is 421 g/mol. The number of fused-ring (bicyclic) bond motifs is 1. The summed E-state index contributed by atoms with van der Waals surface area (Å²) >= 11 is 1.37. The number of carbonyl (C=O) groups excluding carboxylic acids is 1. The van der Waals surface area contributed by atoms with Gasteiger partial charge in [-0.1, -0.05) is 30.3 Å². The smallest absolute Gasteiger partial charge is 0.266 e. The lowest BCUT2D eigenvalue weighted by Crippen LogP contribution is -2.28. The van der Waals surface area contributed by atoms with E-state index in [1.54, 1.807) is 17.0 Å². The van der Waals surface area contributed by atoms with Gasteiger partial charge in [-0.15, -0.1) is 0 Å². The van der Waals surface area contributed by atoms with Gasteiger partial charge in [0.1, 0.15) is 5.82 Å². The van der Waals surface area contributed by atoms with Crippen LogP contribution in [0.15, 0.2) is 70.6 Å². The van der Waals surface area contributed by atoms with Crippen molar-refractivity contribution in [2.24, 2.45) is 4.99 Å². The second kappa shape index (κ2) is 8.79. The number of anilines is 1. The molecule has 5 rings (SSSR count). The fourth-order valence-corrected chi connectivity index (χ4v) is 5.36. The molecule has 2 fully saturated rings. The van der Waals surface area contributed by atoms with Crippen molar-refractivity contribution in [3.05, 3.63) is 76.9 Å². The van der Waals surface area contributed by atoms with Crippen molar-refractivity contribution < 1.29 is 9.18 Å². The SMILES string of the molecule is CCN1C(=O)/C(=C\c2ccc(N3CCCC3)c3ccccc23)SC1=Nc1ccc(F)cc1. The Hall–Kier alpha value is -3.12. The van der Waals surface area contributed by atoms with Gasteiger partial charge in [0.2, 0.25) is 0 Å². The molecule has 1 amide bonds. The second-order valence-electron chi connectivity index (χ2n) is 7.94. The Kier molecular flexibility index (Phi) is 5.70. The molecule has 2 saturated heterocycles. The van der Waals surface area contributed by atoms with E-state index in [-0.39, 0.29) is 11.7 Å². The van der Waals surface area contributed by atoms with Crippen LogP contribution in [0.3, 0.4) is 0 Å². The first-order chi connectivity index (χ1) is 15.6. The highest BCUT2D eigenvalue weighted by molar-refractivity contribution is 8.18. The summed E-state index contributed by atoms with van der Waals surface area (Å²) in [7, 11) is 0. The molecule has 0 atom stereocenters. The van der Waals surface area contributed by atoms with Crippen LogP contribution in [0, 0.1) is 5.82 Å². The third-order valence-corrected chi connectivity index (χ3v) is 6.93. The third kappa shape index (κ3) is 3.91. The highest BCUT2D eigenvalue weighted by atomic mass is 32.2. The molecule has 4 nitrogen and oxygen atoms in total. The number of amides is 1. The zero-order valence-electron chi connectivity index (χ0n) is 17.9. The summed E-state index contributed by atoms with van der Waals surface area (Å²) in [5.41, 5.74) is 2.92. The summed E-state index contributed by atoms with van der Waals surface area (Å²) in [6.07, 6.45) is 4.43. The van der Waals surface area contributed by atoms with Crippen molar-refractivity contribution in [2.75, 3.05) is 24.5 Å². The van der Waals surface area contributed by atoms with E-state index in [2.05, 4.69) is 40.2 Å². The number of hydrogen-bond donors (Lipinski definition) is 0. The largest absolute Gasteiger partial charge is 0.371 e. The maximum absolute atomic E-state index is 13.2.